The van der Waals surface area contributed by atoms with Crippen LogP contribution in [-0.4, -0.2) is 7.11 Å². The van der Waals surface area contributed by atoms with Crippen molar-refractivity contribution in [3.8, 4) is 0 Å². The first-order valence-corrected chi connectivity index (χ1v) is 6.55. The number of hydrogen-bond donors (Lipinski definition) is 0. The fourth-order valence-electron chi connectivity index (χ4n) is 2.19. The number of ether oxygens (including phenoxy) is 1. The van der Waals surface area contributed by atoms with Crippen LogP contribution in [-0.2, 0) is 11.3 Å². The molecule has 0 atom stereocenters. The van der Waals surface area contributed by atoms with E-state index >= 15 is 0 Å². The topological polar surface area (TPSA) is 26.3 Å². The maximum absolute atomic E-state index is 12.5. The summed E-state index contributed by atoms with van der Waals surface area (Å²) in [5, 5.41) is 1.58. The molecule has 1 aromatic heterocycles. The second-order valence-corrected chi connectivity index (χ2v) is 5.23. The van der Waals surface area contributed by atoms with Gasteiger partial charge in [0.15, 0.2) is 5.43 Å². The lowest BCUT2D eigenvalue weighted by atomic mass is 10.1. The van der Waals surface area contributed by atoms with Crippen molar-refractivity contribution in [3.63, 3.8) is 0 Å². The van der Waals surface area contributed by atoms with Crippen LogP contribution >= 0.6 is 11.3 Å². The fourth-order valence-corrected chi connectivity index (χ4v) is 3.32. The summed E-state index contributed by atoms with van der Waals surface area (Å²) in [6.45, 7) is 0.470. The molecule has 0 amide bonds. The average molecular weight is 256 g/mol. The van der Waals surface area contributed by atoms with E-state index in [9.17, 15) is 4.79 Å². The van der Waals surface area contributed by atoms with Crippen LogP contribution in [0.25, 0.3) is 20.2 Å². The summed E-state index contributed by atoms with van der Waals surface area (Å²) in [4.78, 5) is 12.5. The molecule has 1 heterocycles. The monoisotopic (exact) mass is 256 g/mol. The minimum Gasteiger partial charge on any atom is -0.380 e. The van der Waals surface area contributed by atoms with Crippen molar-refractivity contribution in [2.45, 2.75) is 6.61 Å². The van der Waals surface area contributed by atoms with Gasteiger partial charge < -0.3 is 4.74 Å². The van der Waals surface area contributed by atoms with Gasteiger partial charge in [0, 0.05) is 27.3 Å². The van der Waals surface area contributed by atoms with Crippen LogP contribution in [0.1, 0.15) is 5.56 Å². The van der Waals surface area contributed by atoms with E-state index in [2.05, 4.69) is 0 Å². The molecule has 0 aliphatic carbocycles. The highest BCUT2D eigenvalue weighted by atomic mass is 32.1. The lowest BCUT2D eigenvalue weighted by Crippen LogP contribution is -2.04. The molecule has 3 rings (SSSR count). The van der Waals surface area contributed by atoms with Crippen LogP contribution in [0.2, 0.25) is 0 Å². The zero-order valence-corrected chi connectivity index (χ0v) is 10.8. The fraction of sp³-hybridized carbons (Fsp3) is 0.133. The minimum atomic E-state index is 0.104. The Morgan fingerprint density at radius 2 is 1.83 bits per heavy atom. The van der Waals surface area contributed by atoms with Gasteiger partial charge in [-0.25, -0.2) is 0 Å². The molecule has 0 saturated heterocycles. The molecular weight excluding hydrogens is 244 g/mol. The van der Waals surface area contributed by atoms with Crippen LogP contribution in [0.3, 0.4) is 0 Å². The first-order chi connectivity index (χ1) is 8.81. The summed E-state index contributed by atoms with van der Waals surface area (Å²) in [6.07, 6.45) is 0. The van der Waals surface area contributed by atoms with Gasteiger partial charge in [0.25, 0.3) is 0 Å². The first kappa shape index (κ1) is 11.4. The highest BCUT2D eigenvalue weighted by Crippen LogP contribution is 2.26. The Labute approximate surface area is 108 Å². The number of methoxy groups -OCH3 is 1. The van der Waals surface area contributed by atoms with Gasteiger partial charge in [0.05, 0.1) is 6.61 Å². The van der Waals surface area contributed by atoms with E-state index in [0.29, 0.717) is 6.61 Å². The molecule has 3 heteroatoms. The van der Waals surface area contributed by atoms with E-state index < -0.39 is 0 Å². The highest BCUT2D eigenvalue weighted by molar-refractivity contribution is 7.24. The van der Waals surface area contributed by atoms with Crippen LogP contribution in [0.5, 0.6) is 0 Å². The summed E-state index contributed by atoms with van der Waals surface area (Å²) >= 11 is 1.65. The van der Waals surface area contributed by atoms with E-state index in [0.717, 1.165) is 25.7 Å². The predicted octanol–water partition coefficient (Wildman–Crippen LogP) is 3.56. The largest absolute Gasteiger partial charge is 0.380 e. The van der Waals surface area contributed by atoms with E-state index in [1.54, 1.807) is 18.4 Å². The lowest BCUT2D eigenvalue weighted by molar-refractivity contribution is 0.186. The molecule has 0 fully saturated rings. The van der Waals surface area contributed by atoms with E-state index in [-0.39, 0.29) is 5.43 Å². The summed E-state index contributed by atoms with van der Waals surface area (Å²) in [7, 11) is 1.65. The summed E-state index contributed by atoms with van der Waals surface area (Å²) in [5.74, 6) is 0. The number of fused-ring (bicyclic) bond motifs is 2. The number of rotatable bonds is 2. The zero-order chi connectivity index (χ0) is 12.5. The van der Waals surface area contributed by atoms with E-state index in [4.69, 9.17) is 4.74 Å². The molecular formula is C15H12O2S. The minimum absolute atomic E-state index is 0.104. The van der Waals surface area contributed by atoms with Gasteiger partial charge in [-0.05, 0) is 23.8 Å². The summed E-state index contributed by atoms with van der Waals surface area (Å²) in [5.41, 5.74) is 1.06. The second-order valence-electron chi connectivity index (χ2n) is 4.15. The van der Waals surface area contributed by atoms with Gasteiger partial charge in [-0.15, -0.1) is 11.3 Å². The highest BCUT2D eigenvalue weighted by Gasteiger charge is 2.09. The Kier molecular flexibility index (Phi) is 2.86. The van der Waals surface area contributed by atoms with Crippen molar-refractivity contribution in [1.82, 2.24) is 0 Å². The maximum atomic E-state index is 12.5. The molecule has 18 heavy (non-hydrogen) atoms. The molecule has 0 saturated carbocycles. The van der Waals surface area contributed by atoms with Crippen LogP contribution < -0.4 is 5.43 Å². The molecule has 0 aliphatic rings. The number of hydrogen-bond acceptors (Lipinski definition) is 3. The van der Waals surface area contributed by atoms with Gasteiger partial charge in [0.1, 0.15) is 0 Å². The Balaban J connectivity index is 2.49. The first-order valence-electron chi connectivity index (χ1n) is 5.73. The Morgan fingerprint density at radius 1 is 1.06 bits per heavy atom. The standard InChI is InChI=1S/C15H12O2S/c1-17-9-10-5-4-8-13-14(10)15(16)11-6-2-3-7-12(11)18-13/h2-8H,9H2,1H3. The predicted molar refractivity (Wildman–Crippen MR) is 76.3 cm³/mol. The average Bonchev–Trinajstić information content (AvgIpc) is 2.39. The SMILES string of the molecule is COCc1cccc2sc3ccccc3c(=O)c12. The smallest absolute Gasteiger partial charge is 0.196 e. The van der Waals surface area contributed by atoms with Crippen molar-refractivity contribution in [2.75, 3.05) is 7.11 Å². The van der Waals surface area contributed by atoms with E-state index in [1.165, 1.54) is 0 Å². The Bertz CT molecular complexity index is 774. The maximum Gasteiger partial charge on any atom is 0.196 e. The second kappa shape index (κ2) is 4.52. The molecule has 0 radical (unpaired) electrons. The van der Waals surface area contributed by atoms with E-state index in [1.807, 2.05) is 42.5 Å². The van der Waals surface area contributed by atoms with Crippen LogP contribution in [0.4, 0.5) is 0 Å². The third-order valence-electron chi connectivity index (χ3n) is 2.99. The Morgan fingerprint density at radius 3 is 2.67 bits per heavy atom. The molecule has 0 bridgehead atoms. The van der Waals surface area contributed by atoms with Crippen molar-refractivity contribution in [2.24, 2.45) is 0 Å². The van der Waals surface area contributed by atoms with Crippen LogP contribution in [0, 0.1) is 0 Å². The molecule has 0 N–H and O–H groups in total. The summed E-state index contributed by atoms with van der Waals surface area (Å²) in [6, 6.07) is 13.7. The molecule has 2 aromatic carbocycles. The normalized spacial score (nSPS) is 11.2. The third-order valence-corrected chi connectivity index (χ3v) is 4.13. The van der Waals surface area contributed by atoms with Gasteiger partial charge in [-0.2, -0.15) is 0 Å². The van der Waals surface area contributed by atoms with Gasteiger partial charge in [-0.3, -0.25) is 4.79 Å². The van der Waals surface area contributed by atoms with Gasteiger partial charge in [-0.1, -0.05) is 24.3 Å². The van der Waals surface area contributed by atoms with Crippen molar-refractivity contribution in [1.29, 1.82) is 0 Å². The Hall–Kier alpha value is -1.71. The summed E-state index contributed by atoms with van der Waals surface area (Å²) < 4.78 is 7.22. The molecule has 3 aromatic rings. The molecule has 0 spiro atoms. The lowest BCUT2D eigenvalue weighted by Gasteiger charge is -2.06. The quantitative estimate of drug-likeness (QED) is 0.655. The molecule has 0 unspecified atom stereocenters. The van der Waals surface area contributed by atoms with Gasteiger partial charge >= 0.3 is 0 Å². The molecule has 0 aliphatic heterocycles. The number of benzene rings is 2. The van der Waals surface area contributed by atoms with Crippen LogP contribution in [0.15, 0.2) is 47.3 Å². The molecule has 2 nitrogen and oxygen atoms in total. The van der Waals surface area contributed by atoms with Crippen molar-refractivity contribution in [3.05, 3.63) is 58.3 Å². The zero-order valence-electron chi connectivity index (χ0n) is 9.97. The third kappa shape index (κ3) is 1.72. The van der Waals surface area contributed by atoms with Gasteiger partial charge in [0.2, 0.25) is 0 Å². The molecule has 90 valence electrons. The van der Waals surface area contributed by atoms with Crippen molar-refractivity contribution < 1.29 is 4.74 Å². The van der Waals surface area contributed by atoms with Crippen molar-refractivity contribution >= 4 is 31.5 Å².